The topological polar surface area (TPSA) is 161 Å². The van der Waals surface area contributed by atoms with Crippen molar-refractivity contribution in [1.29, 1.82) is 0 Å². The van der Waals surface area contributed by atoms with E-state index in [0.717, 1.165) is 48.6 Å². The van der Waals surface area contributed by atoms with Gasteiger partial charge in [-0.05, 0) is 154 Å². The molecule has 4 aliphatic heterocycles. The van der Waals surface area contributed by atoms with E-state index in [1.807, 2.05) is 0 Å². The number of halogens is 12. The number of ether oxygens (including phenoxy) is 2. The fraction of sp³-hybridized carbons (Fsp3) is 0.171. The van der Waals surface area contributed by atoms with Crippen LogP contribution in [0.4, 0.5) is 52.7 Å². The minimum Gasteiger partial charge on any atom is -0.657 e. The maximum atomic E-state index is 15.5. The maximum Gasteiger partial charge on any atom is 2.00 e. The molecule has 4 aromatic carbocycles. The Bertz CT molecular complexity index is 5510. The van der Waals surface area contributed by atoms with Crippen LogP contribution in [0.3, 0.4) is 0 Å². The molecule has 16 bridgehead atoms. The number of carbonyl (C=O) groups is 2. The van der Waals surface area contributed by atoms with Crippen molar-refractivity contribution in [1.82, 2.24) is 39.9 Å². The Hall–Kier alpha value is -10.6. The molecule has 0 spiro atoms. The number of hydrogen-bond donors (Lipinski definition) is 0. The summed E-state index contributed by atoms with van der Waals surface area (Å²) in [6.07, 6.45) is -10.5. The Balaban J connectivity index is 0.00000563. The van der Waals surface area contributed by atoms with Crippen LogP contribution in [0.2, 0.25) is 51.4 Å². The summed E-state index contributed by atoms with van der Waals surface area (Å²) in [6, 6.07) is 35.2. The van der Waals surface area contributed by atoms with Gasteiger partial charge in [-0.3, -0.25) is 0 Å². The van der Waals surface area contributed by atoms with Crippen LogP contribution in [0.1, 0.15) is 99.6 Å². The zero-order valence-corrected chi connectivity index (χ0v) is 67.4. The number of fused-ring (bicyclic) bond motifs is 16. The first kappa shape index (κ1) is 79.0. The first-order valence-corrected chi connectivity index (χ1v) is 41.2. The third kappa shape index (κ3) is 16.8. The zero-order valence-electron chi connectivity index (χ0n) is 59.5. The molecule has 28 heteroatoms. The van der Waals surface area contributed by atoms with Gasteiger partial charge in [-0.2, -0.15) is 52.7 Å². The molecule has 0 atom stereocenters. The van der Waals surface area contributed by atoms with E-state index in [-0.39, 0.29) is 153 Å². The molecule has 0 N–H and O–H groups in total. The fourth-order valence-corrected chi connectivity index (χ4v) is 14.1. The Morgan fingerprint density at radius 3 is 0.745 bits per heavy atom. The molecular formula is C82H58F12N8O4Si2Zn2. The van der Waals surface area contributed by atoms with E-state index < -0.39 is 120 Å². The van der Waals surface area contributed by atoms with Gasteiger partial charge in [-0.15, -0.1) is 44.1 Å². The third-order valence-corrected chi connectivity index (χ3v) is 21.4. The summed E-state index contributed by atoms with van der Waals surface area (Å²) in [4.78, 5) is 61.7. The molecule has 0 saturated carbocycles. The van der Waals surface area contributed by atoms with E-state index in [9.17, 15) is 9.59 Å². The van der Waals surface area contributed by atoms with Gasteiger partial charge >= 0.3 is 75.6 Å². The molecule has 0 radical (unpaired) electrons. The van der Waals surface area contributed by atoms with Gasteiger partial charge in [-0.1, -0.05) is 148 Å². The standard InChI is InChI=1S/C82H60F12N8O4Si2.2Zn/c1-107(2,3)43-41-105-77(103)51-21-17-49(18-22-51)71-57-29-37-65(99-57)73(79(83,84)85)61-33-25-53(95-61)69(54-26-34-62(96-54)74(80(86,87)88)66-38-30-58(71)100-66)47-13-9-45(10-14-47)7-8-46-11-15-48(16-12-46)70-55-27-35-63(97-55)75(81(89,90)91)67-39-31-59(101-67)72(50-19-23-52(24-20-50)78(104)106-42-44-108(4,5)6)60-32-40-68(102-60)76(82(92,93)94)64-36-28-56(70)98-64;;/h9-40H,41-44H2,1-6H3,(H2-2,95,96,97,98,99,100,101,102,103,104);;/q-2;2*+2/p-2. The number of benzene rings is 4. The molecule has 0 saturated heterocycles. The molecule has 0 fully saturated rings. The maximum absolute atomic E-state index is 15.5. The van der Waals surface area contributed by atoms with Gasteiger partial charge < -0.3 is 29.4 Å². The van der Waals surface area contributed by atoms with Crippen LogP contribution in [0, 0.1) is 11.8 Å². The molecule has 4 aliphatic rings. The van der Waals surface area contributed by atoms with Crippen LogP contribution in [0.25, 0.3) is 137 Å². The molecule has 110 heavy (non-hydrogen) atoms. The van der Waals surface area contributed by atoms with Crippen molar-refractivity contribution in [2.75, 3.05) is 13.2 Å². The van der Waals surface area contributed by atoms with Gasteiger partial charge in [0, 0.05) is 27.3 Å². The van der Waals surface area contributed by atoms with Gasteiger partial charge in [0.1, 0.15) is 0 Å². The zero-order chi connectivity index (χ0) is 76.6. The Morgan fingerprint density at radius 2 is 0.527 bits per heavy atom. The monoisotopic (exact) mass is 1630 g/mol. The van der Waals surface area contributed by atoms with Gasteiger partial charge in [0.05, 0.1) is 92.1 Å². The Kier molecular flexibility index (Phi) is 21.8. The quantitative estimate of drug-likeness (QED) is 0.0494. The second-order valence-electron chi connectivity index (χ2n) is 28.2. The molecule has 12 nitrogen and oxygen atoms in total. The summed E-state index contributed by atoms with van der Waals surface area (Å²) in [7, 11) is -3.11. The Morgan fingerprint density at radius 1 is 0.318 bits per heavy atom. The molecular weight excluding hydrogens is 1580 g/mol. The van der Waals surface area contributed by atoms with E-state index in [2.05, 4.69) is 91.0 Å². The smallest absolute Gasteiger partial charge is 0.657 e. The van der Waals surface area contributed by atoms with E-state index >= 15 is 52.7 Å². The molecule has 546 valence electrons. The second kappa shape index (κ2) is 30.4. The van der Waals surface area contributed by atoms with E-state index in [4.69, 9.17) is 9.47 Å². The number of hydrogen-bond acceptors (Lipinski definition) is 8. The first-order chi connectivity index (χ1) is 51.1. The average molecular weight is 1630 g/mol. The van der Waals surface area contributed by atoms with Crippen LogP contribution in [0.15, 0.2) is 146 Å². The summed E-state index contributed by atoms with van der Waals surface area (Å²) in [5.41, 5.74) is -7.53. The fourth-order valence-electron chi connectivity index (χ4n) is 12.7. The van der Waals surface area contributed by atoms with Crippen LogP contribution in [0.5, 0.6) is 0 Å². The second-order valence-corrected chi connectivity index (χ2v) is 39.4. The van der Waals surface area contributed by atoms with Crippen molar-refractivity contribution >= 4 is 121 Å². The molecule has 0 unspecified atom stereocenters. The van der Waals surface area contributed by atoms with Gasteiger partial charge in [-0.25, -0.2) is 29.5 Å². The molecule has 14 rings (SSSR count). The third-order valence-electron chi connectivity index (χ3n) is 18.0. The van der Waals surface area contributed by atoms with Crippen molar-refractivity contribution in [2.24, 2.45) is 0 Å². The summed E-state index contributed by atoms with van der Waals surface area (Å²) in [5, 5.41) is 0. The normalized spacial score (nSPS) is 12.9. The van der Waals surface area contributed by atoms with Gasteiger partial charge in [0.2, 0.25) is 0 Å². The predicted molar refractivity (Wildman–Crippen MR) is 398 cm³/mol. The summed E-state index contributed by atoms with van der Waals surface area (Å²) in [5.74, 6) is 4.83. The number of rotatable bonds is 12. The van der Waals surface area contributed by atoms with E-state index in [1.165, 1.54) is 121 Å². The van der Waals surface area contributed by atoms with E-state index in [0.29, 0.717) is 23.2 Å². The molecule has 0 aliphatic carbocycles. The first-order valence-electron chi connectivity index (χ1n) is 33.8. The minimum absolute atomic E-state index is 0. The largest absolute Gasteiger partial charge is 2.00 e. The van der Waals surface area contributed by atoms with Crippen molar-refractivity contribution in [3.63, 3.8) is 0 Å². The van der Waals surface area contributed by atoms with Crippen LogP contribution >= 0.6 is 0 Å². The molecule has 6 aromatic heterocycles. The van der Waals surface area contributed by atoms with Crippen molar-refractivity contribution in [3.8, 4) is 56.3 Å². The Labute approximate surface area is 648 Å². The molecule has 0 amide bonds. The number of carbonyl (C=O) groups excluding carboxylic acids is 2. The van der Waals surface area contributed by atoms with Crippen molar-refractivity contribution in [2.45, 2.75) is 76.1 Å². The number of aromatic nitrogens is 8. The molecule has 10 aromatic rings. The van der Waals surface area contributed by atoms with Gasteiger partial charge in [0.25, 0.3) is 0 Å². The molecule has 10 heterocycles. The number of esters is 2. The minimum atomic E-state index is -5.06. The van der Waals surface area contributed by atoms with E-state index in [1.54, 1.807) is 24.3 Å². The van der Waals surface area contributed by atoms with Crippen LogP contribution in [-0.2, 0) is 73.1 Å². The summed E-state index contributed by atoms with van der Waals surface area (Å²) >= 11 is 0. The summed E-state index contributed by atoms with van der Waals surface area (Å²) < 4.78 is 197. The van der Waals surface area contributed by atoms with Crippen molar-refractivity contribution < 1.29 is 111 Å². The van der Waals surface area contributed by atoms with Crippen molar-refractivity contribution in [3.05, 3.63) is 236 Å². The van der Waals surface area contributed by atoms with Crippen LogP contribution < -0.4 is 19.9 Å². The van der Waals surface area contributed by atoms with Crippen LogP contribution in [-0.4, -0.2) is 61.2 Å². The number of nitrogens with zero attached hydrogens (tertiary/aromatic N) is 8. The summed E-state index contributed by atoms with van der Waals surface area (Å²) in [6.45, 7) is 13.1. The SMILES string of the molecule is C[Si](C)(C)CCOC(=O)c1ccc(-c2c3nc(c(C(F)(F)F)c4ccc([n-]4)c(-c4ccc(C#Cc5ccc(-c6c7nc(c(C(F)(F)F)c8ccc([n-]8)c(-c8ccc(C(=O)OCC[Si](C)(C)C)cc8)c8nc(c(C(F)(F)F)c9ccc6[n-]9)C=C8)C=C7)cc5)cc4)c4nc(c(C(F)(F)F)c5ccc2[n-]5)C=C4)C=C3)cc1.[Zn+2].[Zn+2]. The predicted octanol–water partition coefficient (Wildman–Crippen LogP) is 21.3. The average Bonchev–Trinajstić information content (AvgIpc) is 1.61. The number of alkyl halides is 12. The van der Waals surface area contributed by atoms with Gasteiger partial charge in [0.15, 0.2) is 0 Å².